The number of nitrogens with one attached hydrogen (secondary N) is 2. The summed E-state index contributed by atoms with van der Waals surface area (Å²) in [4.78, 5) is 26.6. The van der Waals surface area contributed by atoms with Crippen molar-refractivity contribution in [3.05, 3.63) is 59.7 Å². The molecule has 1 fully saturated rings. The van der Waals surface area contributed by atoms with Crippen LogP contribution in [0.5, 0.6) is 5.75 Å². The normalized spacial score (nSPS) is 15.5. The van der Waals surface area contributed by atoms with Gasteiger partial charge in [0.05, 0.1) is 18.8 Å². The fourth-order valence-corrected chi connectivity index (χ4v) is 3.14. The summed E-state index contributed by atoms with van der Waals surface area (Å²) in [6.07, 6.45) is 2.12. The number of carbonyl (C=O) groups is 2. The van der Waals surface area contributed by atoms with Gasteiger partial charge in [0.2, 0.25) is 5.91 Å². The molecule has 4 rings (SSSR count). The van der Waals surface area contributed by atoms with Gasteiger partial charge in [0.15, 0.2) is 0 Å². The van der Waals surface area contributed by atoms with Gasteiger partial charge in [-0.2, -0.15) is 0 Å². The van der Waals surface area contributed by atoms with Crippen molar-refractivity contribution in [2.75, 3.05) is 24.6 Å². The van der Waals surface area contributed by atoms with Crippen molar-refractivity contribution < 1.29 is 14.3 Å². The van der Waals surface area contributed by atoms with E-state index >= 15 is 0 Å². The predicted octanol–water partition coefficient (Wildman–Crippen LogP) is 2.09. The topological polar surface area (TPSA) is 70.7 Å². The van der Waals surface area contributed by atoms with Gasteiger partial charge in [-0.05, 0) is 42.7 Å². The zero-order chi connectivity index (χ0) is 18.6. The molecule has 0 atom stereocenters. The van der Waals surface area contributed by atoms with Gasteiger partial charge in [0.25, 0.3) is 5.91 Å². The highest BCUT2D eigenvalue weighted by atomic mass is 16.5. The summed E-state index contributed by atoms with van der Waals surface area (Å²) in [7, 11) is 0. The number of para-hydroxylation sites is 2. The van der Waals surface area contributed by atoms with Crippen molar-refractivity contribution in [1.82, 2.24) is 10.6 Å². The first-order chi connectivity index (χ1) is 13.2. The van der Waals surface area contributed by atoms with Crippen LogP contribution in [0.3, 0.4) is 0 Å². The molecule has 27 heavy (non-hydrogen) atoms. The molecule has 140 valence electrons. The Morgan fingerprint density at radius 3 is 2.81 bits per heavy atom. The number of ether oxygens (including phenoxy) is 1. The van der Waals surface area contributed by atoms with Gasteiger partial charge in [-0.15, -0.1) is 0 Å². The first-order valence-corrected chi connectivity index (χ1v) is 9.32. The third-order valence-corrected chi connectivity index (χ3v) is 4.75. The SMILES string of the molecule is O=C(CN1CCOc2ccccc21)NCc1cccc(C(=O)NC2CC2)c1. The first kappa shape index (κ1) is 17.4. The second-order valence-electron chi connectivity index (χ2n) is 6.96. The number of rotatable bonds is 6. The van der Waals surface area contributed by atoms with Crippen molar-refractivity contribution in [1.29, 1.82) is 0 Å². The Balaban J connectivity index is 1.32. The molecule has 0 unspecified atom stereocenters. The summed E-state index contributed by atoms with van der Waals surface area (Å²) in [5, 5.41) is 5.92. The Morgan fingerprint density at radius 2 is 1.96 bits per heavy atom. The van der Waals surface area contributed by atoms with Gasteiger partial charge in [0.1, 0.15) is 12.4 Å². The van der Waals surface area contributed by atoms with Gasteiger partial charge < -0.3 is 20.3 Å². The monoisotopic (exact) mass is 365 g/mol. The number of amides is 2. The molecule has 0 saturated heterocycles. The van der Waals surface area contributed by atoms with E-state index < -0.39 is 0 Å². The third-order valence-electron chi connectivity index (χ3n) is 4.75. The summed E-state index contributed by atoms with van der Waals surface area (Å²) in [5.41, 5.74) is 2.49. The predicted molar refractivity (Wildman–Crippen MR) is 103 cm³/mol. The number of benzene rings is 2. The van der Waals surface area contributed by atoms with Crippen LogP contribution >= 0.6 is 0 Å². The van der Waals surface area contributed by atoms with Crippen LogP contribution in [0.25, 0.3) is 0 Å². The molecule has 0 radical (unpaired) electrons. The molecule has 1 aliphatic heterocycles. The van der Waals surface area contributed by atoms with Crippen LogP contribution in [0.2, 0.25) is 0 Å². The van der Waals surface area contributed by atoms with Gasteiger partial charge in [-0.1, -0.05) is 24.3 Å². The summed E-state index contributed by atoms with van der Waals surface area (Å²) >= 11 is 0. The number of hydrogen-bond acceptors (Lipinski definition) is 4. The van der Waals surface area contributed by atoms with Crippen LogP contribution in [0.4, 0.5) is 5.69 Å². The van der Waals surface area contributed by atoms with E-state index in [2.05, 4.69) is 10.6 Å². The van der Waals surface area contributed by atoms with Crippen LogP contribution in [-0.4, -0.2) is 37.6 Å². The van der Waals surface area contributed by atoms with Crippen molar-refractivity contribution >= 4 is 17.5 Å². The average Bonchev–Trinajstić information content (AvgIpc) is 3.51. The van der Waals surface area contributed by atoms with Crippen molar-refractivity contribution in [3.63, 3.8) is 0 Å². The van der Waals surface area contributed by atoms with E-state index in [-0.39, 0.29) is 18.4 Å². The third kappa shape index (κ3) is 4.39. The summed E-state index contributed by atoms with van der Waals surface area (Å²) < 4.78 is 5.62. The molecule has 0 aromatic heterocycles. The van der Waals surface area contributed by atoms with Gasteiger partial charge >= 0.3 is 0 Å². The Morgan fingerprint density at radius 1 is 1.11 bits per heavy atom. The highest BCUT2D eigenvalue weighted by molar-refractivity contribution is 5.94. The van der Waals surface area contributed by atoms with E-state index in [1.54, 1.807) is 6.07 Å². The molecule has 1 heterocycles. The Labute approximate surface area is 158 Å². The van der Waals surface area contributed by atoms with Crippen LogP contribution in [0, 0.1) is 0 Å². The van der Waals surface area contributed by atoms with Gasteiger partial charge in [-0.25, -0.2) is 0 Å². The van der Waals surface area contributed by atoms with Crippen LogP contribution in [-0.2, 0) is 11.3 Å². The van der Waals surface area contributed by atoms with Crippen LogP contribution in [0.1, 0.15) is 28.8 Å². The summed E-state index contributed by atoms with van der Waals surface area (Å²) in [6, 6.07) is 15.5. The van der Waals surface area contributed by atoms with E-state index in [1.165, 1.54) is 0 Å². The Hall–Kier alpha value is -3.02. The first-order valence-electron chi connectivity index (χ1n) is 9.32. The van der Waals surface area contributed by atoms with E-state index in [0.717, 1.165) is 29.8 Å². The fraction of sp³-hybridized carbons (Fsp3) is 0.333. The minimum Gasteiger partial charge on any atom is -0.490 e. The minimum absolute atomic E-state index is 0.0457. The zero-order valence-corrected chi connectivity index (χ0v) is 15.1. The highest BCUT2D eigenvalue weighted by Gasteiger charge is 2.24. The Bertz CT molecular complexity index is 848. The van der Waals surface area contributed by atoms with Crippen molar-refractivity contribution in [3.8, 4) is 5.75 Å². The van der Waals surface area contributed by atoms with E-state index in [0.29, 0.717) is 31.3 Å². The molecule has 6 nitrogen and oxygen atoms in total. The maximum Gasteiger partial charge on any atom is 0.251 e. The lowest BCUT2D eigenvalue weighted by Gasteiger charge is -2.30. The smallest absolute Gasteiger partial charge is 0.251 e. The molecule has 0 spiro atoms. The van der Waals surface area contributed by atoms with Crippen molar-refractivity contribution in [2.45, 2.75) is 25.4 Å². The number of hydrogen-bond donors (Lipinski definition) is 2. The quantitative estimate of drug-likeness (QED) is 0.822. The van der Waals surface area contributed by atoms with Crippen LogP contribution in [0.15, 0.2) is 48.5 Å². The lowest BCUT2D eigenvalue weighted by molar-refractivity contribution is -0.120. The van der Waals surface area contributed by atoms with Gasteiger partial charge in [0, 0.05) is 18.2 Å². The number of carbonyl (C=O) groups excluding carboxylic acids is 2. The molecule has 1 saturated carbocycles. The van der Waals surface area contributed by atoms with Crippen molar-refractivity contribution in [2.24, 2.45) is 0 Å². The summed E-state index contributed by atoms with van der Waals surface area (Å²) in [5.74, 6) is 0.709. The molecule has 0 bridgehead atoms. The molecule has 2 amide bonds. The van der Waals surface area contributed by atoms with Gasteiger partial charge in [-0.3, -0.25) is 9.59 Å². The molecule has 2 N–H and O–H groups in total. The maximum absolute atomic E-state index is 12.4. The lowest BCUT2D eigenvalue weighted by atomic mass is 10.1. The second-order valence-corrected chi connectivity index (χ2v) is 6.96. The number of fused-ring (bicyclic) bond motifs is 1. The van der Waals surface area contributed by atoms with E-state index in [9.17, 15) is 9.59 Å². The fourth-order valence-electron chi connectivity index (χ4n) is 3.14. The highest BCUT2D eigenvalue weighted by Crippen LogP contribution is 2.30. The molecular formula is C21H23N3O3. The largest absolute Gasteiger partial charge is 0.490 e. The summed E-state index contributed by atoms with van der Waals surface area (Å²) in [6.45, 7) is 1.93. The molecule has 2 aliphatic rings. The van der Waals surface area contributed by atoms with E-state index in [4.69, 9.17) is 4.74 Å². The number of nitrogens with zero attached hydrogens (tertiary/aromatic N) is 1. The Kier molecular flexibility index (Phi) is 4.96. The average molecular weight is 365 g/mol. The molecule has 2 aromatic rings. The standard InChI is InChI=1S/C21H23N3O3/c25-20(14-24-10-11-27-19-7-2-1-6-18(19)24)22-13-15-4-3-5-16(12-15)21(26)23-17-8-9-17/h1-7,12,17H,8-11,13-14H2,(H,22,25)(H,23,26). The zero-order valence-electron chi connectivity index (χ0n) is 15.1. The van der Waals surface area contributed by atoms with E-state index in [1.807, 2.05) is 47.4 Å². The molecule has 6 heteroatoms. The number of anilines is 1. The lowest BCUT2D eigenvalue weighted by Crippen LogP contribution is -2.41. The molecular weight excluding hydrogens is 342 g/mol. The molecule has 2 aromatic carbocycles. The maximum atomic E-state index is 12.4. The minimum atomic E-state index is -0.0560. The molecule has 1 aliphatic carbocycles. The second kappa shape index (κ2) is 7.70. The van der Waals surface area contributed by atoms with Crippen LogP contribution < -0.4 is 20.3 Å².